The fourth-order valence-corrected chi connectivity index (χ4v) is 3.46. The Morgan fingerprint density at radius 1 is 0.846 bits per heavy atom. The lowest BCUT2D eigenvalue weighted by molar-refractivity contribution is 0.198. The Balaban J connectivity index is 1.75. The Morgan fingerprint density at radius 3 is 1.85 bits per heavy atom. The normalized spacial score (nSPS) is 13.3. The van der Waals surface area contributed by atoms with Crippen LogP contribution in [-0.4, -0.2) is 11.5 Å². The summed E-state index contributed by atoms with van der Waals surface area (Å²) in [4.78, 5) is 10.1. The van der Waals surface area contributed by atoms with Gasteiger partial charge in [-0.1, -0.05) is 78.4 Å². The smallest absolute Gasteiger partial charge is 0.404 e. The minimum Gasteiger partial charge on any atom is -0.404 e. The summed E-state index contributed by atoms with van der Waals surface area (Å²) in [6, 6.07) is 26.4. The summed E-state index contributed by atoms with van der Waals surface area (Å²) < 4.78 is 22.8. The van der Waals surface area contributed by atoms with Gasteiger partial charge in [0.25, 0.3) is 0 Å². The van der Waals surface area contributed by atoms with E-state index < -0.39 is 7.82 Å². The number of rotatable bonds is 7. The van der Waals surface area contributed by atoms with Crippen LogP contribution in [0, 0.1) is 6.92 Å². The molecule has 4 nitrogen and oxygen atoms in total. The molecule has 0 heterocycles. The third kappa shape index (κ3) is 5.06. The predicted molar refractivity (Wildman–Crippen MR) is 102 cm³/mol. The number of hydrogen-bond donors (Lipinski definition) is 1. The SMILES string of the molecule is Cc1ccc(OP(=O)(O)OCC(c2ccccc2)c2ccccc2)cc1. The second-order valence-corrected chi connectivity index (χ2v) is 7.42. The maximum Gasteiger partial charge on any atom is 0.527 e. The van der Waals surface area contributed by atoms with E-state index in [1.165, 1.54) is 0 Å². The van der Waals surface area contributed by atoms with Crippen molar-refractivity contribution in [3.63, 3.8) is 0 Å². The minimum absolute atomic E-state index is 0.0354. The molecule has 0 radical (unpaired) electrons. The van der Waals surface area contributed by atoms with Crippen LogP contribution in [0.5, 0.6) is 5.75 Å². The molecule has 0 amide bonds. The lowest BCUT2D eigenvalue weighted by atomic mass is 9.92. The van der Waals surface area contributed by atoms with E-state index in [9.17, 15) is 9.46 Å². The van der Waals surface area contributed by atoms with Crippen LogP contribution < -0.4 is 4.52 Å². The van der Waals surface area contributed by atoms with Crippen LogP contribution >= 0.6 is 7.82 Å². The molecule has 1 N–H and O–H groups in total. The third-order valence-electron chi connectivity index (χ3n) is 4.05. The second kappa shape index (κ2) is 8.33. The first-order chi connectivity index (χ1) is 12.5. The van der Waals surface area contributed by atoms with Crippen LogP contribution in [0.1, 0.15) is 22.6 Å². The Kier molecular flexibility index (Phi) is 5.89. The van der Waals surface area contributed by atoms with E-state index in [0.29, 0.717) is 5.75 Å². The fourth-order valence-electron chi connectivity index (χ4n) is 2.68. The molecule has 134 valence electrons. The van der Waals surface area contributed by atoms with Gasteiger partial charge in [0.1, 0.15) is 5.75 Å². The van der Waals surface area contributed by atoms with Crippen molar-refractivity contribution >= 4 is 7.82 Å². The van der Waals surface area contributed by atoms with E-state index in [-0.39, 0.29) is 12.5 Å². The molecule has 0 aliphatic heterocycles. The van der Waals surface area contributed by atoms with Crippen LogP contribution in [0.2, 0.25) is 0 Å². The van der Waals surface area contributed by atoms with Gasteiger partial charge in [-0.3, -0.25) is 9.42 Å². The third-order valence-corrected chi connectivity index (χ3v) is 4.97. The highest BCUT2D eigenvalue weighted by molar-refractivity contribution is 7.47. The molecule has 5 heteroatoms. The zero-order valence-corrected chi connectivity index (χ0v) is 15.4. The Morgan fingerprint density at radius 2 is 1.35 bits per heavy atom. The fraction of sp³-hybridized carbons (Fsp3) is 0.143. The van der Waals surface area contributed by atoms with Gasteiger partial charge in [0.05, 0.1) is 6.61 Å². The first kappa shape index (κ1) is 18.4. The van der Waals surface area contributed by atoms with Crippen molar-refractivity contribution < 1.29 is 18.5 Å². The van der Waals surface area contributed by atoms with Crippen molar-refractivity contribution in [2.75, 3.05) is 6.61 Å². The number of phosphoric acid groups is 1. The van der Waals surface area contributed by atoms with Gasteiger partial charge >= 0.3 is 7.82 Å². The highest BCUT2D eigenvalue weighted by atomic mass is 31.2. The van der Waals surface area contributed by atoms with Gasteiger partial charge in [-0.15, -0.1) is 0 Å². The van der Waals surface area contributed by atoms with Crippen molar-refractivity contribution in [3.05, 3.63) is 102 Å². The largest absolute Gasteiger partial charge is 0.527 e. The zero-order chi connectivity index (χ0) is 18.4. The van der Waals surface area contributed by atoms with Crippen molar-refractivity contribution in [1.82, 2.24) is 0 Å². The first-order valence-electron chi connectivity index (χ1n) is 8.37. The van der Waals surface area contributed by atoms with E-state index in [1.807, 2.05) is 79.7 Å². The van der Waals surface area contributed by atoms with E-state index in [4.69, 9.17) is 9.05 Å². The highest BCUT2D eigenvalue weighted by Crippen LogP contribution is 2.45. The van der Waals surface area contributed by atoms with Crippen molar-refractivity contribution in [3.8, 4) is 5.75 Å². The van der Waals surface area contributed by atoms with Crippen LogP contribution in [0.4, 0.5) is 0 Å². The molecule has 0 saturated carbocycles. The molecular formula is C21H21O4P. The van der Waals surface area contributed by atoms with E-state index in [2.05, 4.69) is 0 Å². The molecule has 26 heavy (non-hydrogen) atoms. The van der Waals surface area contributed by atoms with Gasteiger partial charge in [-0.05, 0) is 30.2 Å². The molecule has 0 aliphatic rings. The molecule has 0 spiro atoms. The number of benzene rings is 3. The molecule has 0 aliphatic carbocycles. The van der Waals surface area contributed by atoms with Gasteiger partial charge < -0.3 is 4.52 Å². The molecule has 0 saturated heterocycles. The van der Waals surface area contributed by atoms with Crippen molar-refractivity contribution in [2.45, 2.75) is 12.8 Å². The van der Waals surface area contributed by atoms with Crippen molar-refractivity contribution in [2.24, 2.45) is 0 Å². The number of phosphoric ester groups is 1. The second-order valence-electron chi connectivity index (χ2n) is 6.04. The summed E-state index contributed by atoms with van der Waals surface area (Å²) in [5, 5.41) is 0. The van der Waals surface area contributed by atoms with E-state index in [0.717, 1.165) is 16.7 Å². The monoisotopic (exact) mass is 368 g/mol. The molecule has 0 fully saturated rings. The first-order valence-corrected chi connectivity index (χ1v) is 9.86. The standard InChI is InChI=1S/C21H21O4P/c1-17-12-14-20(15-13-17)25-26(22,23)24-16-21(18-8-4-2-5-9-18)19-10-6-3-7-11-19/h2-15,21H,16H2,1H3,(H,22,23). The summed E-state index contributed by atoms with van der Waals surface area (Å²) in [7, 11) is -4.22. The zero-order valence-electron chi connectivity index (χ0n) is 14.5. The number of hydrogen-bond acceptors (Lipinski definition) is 3. The predicted octanol–water partition coefficient (Wildman–Crippen LogP) is 5.32. The Labute approximate surface area is 153 Å². The molecular weight excluding hydrogens is 347 g/mol. The summed E-state index contributed by atoms with van der Waals surface area (Å²) >= 11 is 0. The summed E-state index contributed by atoms with van der Waals surface area (Å²) in [6.07, 6.45) is 0. The summed E-state index contributed by atoms with van der Waals surface area (Å²) in [5.41, 5.74) is 3.06. The summed E-state index contributed by atoms with van der Waals surface area (Å²) in [6.45, 7) is 1.97. The molecule has 0 aromatic heterocycles. The van der Waals surface area contributed by atoms with Crippen LogP contribution in [-0.2, 0) is 9.09 Å². The molecule has 3 rings (SSSR count). The van der Waals surface area contributed by atoms with Gasteiger partial charge in [0, 0.05) is 5.92 Å². The molecule has 1 atom stereocenters. The summed E-state index contributed by atoms with van der Waals surface area (Å²) in [5.74, 6) is 0.136. The maximum atomic E-state index is 12.3. The average Bonchev–Trinajstić information content (AvgIpc) is 2.65. The van der Waals surface area contributed by atoms with Crippen LogP contribution in [0.25, 0.3) is 0 Å². The van der Waals surface area contributed by atoms with Crippen molar-refractivity contribution in [1.29, 1.82) is 0 Å². The quantitative estimate of drug-likeness (QED) is 0.573. The average molecular weight is 368 g/mol. The Hall–Kier alpha value is -2.39. The lowest BCUT2D eigenvalue weighted by Gasteiger charge is -2.20. The van der Waals surface area contributed by atoms with Gasteiger partial charge in [0.2, 0.25) is 0 Å². The lowest BCUT2D eigenvalue weighted by Crippen LogP contribution is -2.10. The minimum atomic E-state index is -4.22. The van der Waals surface area contributed by atoms with Gasteiger partial charge in [0.15, 0.2) is 0 Å². The molecule has 3 aromatic rings. The van der Waals surface area contributed by atoms with Gasteiger partial charge in [-0.2, -0.15) is 0 Å². The number of aryl methyl sites for hydroxylation is 1. The van der Waals surface area contributed by atoms with E-state index >= 15 is 0 Å². The molecule has 1 unspecified atom stereocenters. The van der Waals surface area contributed by atoms with E-state index in [1.54, 1.807) is 12.1 Å². The maximum absolute atomic E-state index is 12.3. The highest BCUT2D eigenvalue weighted by Gasteiger charge is 2.26. The molecule has 3 aromatic carbocycles. The van der Waals surface area contributed by atoms with Gasteiger partial charge in [-0.25, -0.2) is 4.57 Å². The Bertz CT molecular complexity index is 824. The van der Waals surface area contributed by atoms with Crippen LogP contribution in [0.15, 0.2) is 84.9 Å². The van der Waals surface area contributed by atoms with Crippen LogP contribution in [0.3, 0.4) is 0 Å². The topological polar surface area (TPSA) is 55.8 Å². The molecule has 0 bridgehead atoms.